The number of ether oxygens (including phenoxy) is 2. The minimum atomic E-state index is -1.12. The van der Waals surface area contributed by atoms with Crippen molar-refractivity contribution in [2.45, 2.75) is 19.1 Å². The lowest BCUT2D eigenvalue weighted by Gasteiger charge is -2.21. The second-order valence-electron chi connectivity index (χ2n) is 10.6. The van der Waals surface area contributed by atoms with Gasteiger partial charge in [0, 0.05) is 29.5 Å². The highest BCUT2D eigenvalue weighted by atomic mass is 19.1. The summed E-state index contributed by atoms with van der Waals surface area (Å²) < 4.78 is 58.3. The highest BCUT2D eigenvalue weighted by Crippen LogP contribution is 2.33. The fourth-order valence-corrected chi connectivity index (χ4v) is 5.44. The van der Waals surface area contributed by atoms with Crippen LogP contribution in [-0.2, 0) is 17.8 Å². The third kappa shape index (κ3) is 5.95. The Bertz CT molecular complexity index is 1970. The number of hydrogen-bond donors (Lipinski definition) is 2. The van der Waals surface area contributed by atoms with Crippen LogP contribution in [0.1, 0.15) is 38.9 Å². The summed E-state index contributed by atoms with van der Waals surface area (Å²) in [6, 6.07) is 16.5. The highest BCUT2D eigenvalue weighted by Gasteiger charge is 2.32. The Morgan fingerprint density at radius 3 is 2.58 bits per heavy atom. The number of pyridine rings is 1. The molecule has 2 aromatic heterocycles. The number of fused-ring (bicyclic) bond motifs is 1. The molecule has 5 aromatic rings. The number of aromatic carboxylic acids is 1. The molecule has 6 rings (SSSR count). The zero-order valence-corrected chi connectivity index (χ0v) is 23.6. The second kappa shape index (κ2) is 12.4. The molecule has 0 amide bonds. The van der Waals surface area contributed by atoms with E-state index < -0.39 is 29.5 Å². The largest absolute Gasteiger partial charge is 0.478 e. The Morgan fingerprint density at radius 1 is 1.00 bits per heavy atom. The average Bonchev–Trinajstić information content (AvgIpc) is 3.65. The van der Waals surface area contributed by atoms with Gasteiger partial charge in [0.05, 0.1) is 59.8 Å². The van der Waals surface area contributed by atoms with E-state index in [9.17, 15) is 19.4 Å². The van der Waals surface area contributed by atoms with E-state index >= 15 is 8.78 Å². The van der Waals surface area contributed by atoms with Crippen molar-refractivity contribution in [1.29, 1.82) is 5.26 Å². The van der Waals surface area contributed by atoms with E-state index in [0.717, 1.165) is 18.2 Å². The number of halogens is 3. The van der Waals surface area contributed by atoms with Gasteiger partial charge in [0.2, 0.25) is 5.88 Å². The molecular weight excluding hydrogens is 589 g/mol. The van der Waals surface area contributed by atoms with Gasteiger partial charge in [-0.1, -0.05) is 12.1 Å². The number of carbonyl (C=O) groups is 1. The monoisotopic (exact) mass is 614 g/mol. The predicted octanol–water partition coefficient (Wildman–Crippen LogP) is 5.44. The van der Waals surface area contributed by atoms with Gasteiger partial charge in [-0.15, -0.1) is 0 Å². The van der Waals surface area contributed by atoms with Gasteiger partial charge in [0.1, 0.15) is 29.9 Å². The van der Waals surface area contributed by atoms with Crippen molar-refractivity contribution in [2.75, 3.05) is 19.8 Å². The topological polar surface area (TPSA) is 130 Å². The van der Waals surface area contributed by atoms with Crippen LogP contribution in [0, 0.1) is 34.7 Å². The molecule has 0 spiro atoms. The van der Waals surface area contributed by atoms with E-state index in [2.05, 4.69) is 9.97 Å². The van der Waals surface area contributed by atoms with Crippen LogP contribution in [0.2, 0.25) is 0 Å². The number of aromatic nitrogens is 3. The molecule has 9 nitrogen and oxygen atoms in total. The van der Waals surface area contributed by atoms with Crippen molar-refractivity contribution in [1.82, 2.24) is 14.5 Å². The van der Waals surface area contributed by atoms with Crippen LogP contribution < -0.4 is 4.74 Å². The van der Waals surface area contributed by atoms with Crippen molar-refractivity contribution in [3.05, 3.63) is 112 Å². The predicted molar refractivity (Wildman–Crippen MR) is 155 cm³/mol. The number of aliphatic hydroxyl groups is 1. The summed E-state index contributed by atoms with van der Waals surface area (Å²) in [6.45, 7) is 0.146. The van der Waals surface area contributed by atoms with E-state index in [1.165, 1.54) is 36.4 Å². The molecule has 0 bridgehead atoms. The molecule has 3 aromatic carbocycles. The van der Waals surface area contributed by atoms with Crippen molar-refractivity contribution in [2.24, 2.45) is 5.92 Å². The third-order valence-electron chi connectivity index (χ3n) is 7.78. The number of aliphatic hydroxyl groups excluding tert-OH is 1. The van der Waals surface area contributed by atoms with E-state index in [0.29, 0.717) is 16.9 Å². The fourth-order valence-electron chi connectivity index (χ4n) is 5.44. The van der Waals surface area contributed by atoms with Crippen LogP contribution in [0.25, 0.3) is 22.3 Å². The van der Waals surface area contributed by atoms with Gasteiger partial charge >= 0.3 is 5.97 Å². The molecule has 0 radical (unpaired) electrons. The molecule has 45 heavy (non-hydrogen) atoms. The Labute approximate surface area is 254 Å². The van der Waals surface area contributed by atoms with E-state index in [4.69, 9.17) is 14.7 Å². The molecule has 0 saturated carbocycles. The number of hydrogen-bond acceptors (Lipinski definition) is 7. The Kier molecular flexibility index (Phi) is 8.21. The Balaban J connectivity index is 1.29. The number of nitriles is 1. The summed E-state index contributed by atoms with van der Waals surface area (Å²) in [5, 5.41) is 28.4. The van der Waals surface area contributed by atoms with Gasteiger partial charge in [0.15, 0.2) is 0 Å². The average molecular weight is 615 g/mol. The van der Waals surface area contributed by atoms with Crippen LogP contribution in [0.5, 0.6) is 5.88 Å². The van der Waals surface area contributed by atoms with Gasteiger partial charge < -0.3 is 24.3 Å². The maximum absolute atomic E-state index is 15.6. The zero-order chi connectivity index (χ0) is 31.7. The third-order valence-corrected chi connectivity index (χ3v) is 7.78. The summed E-state index contributed by atoms with van der Waals surface area (Å²) in [4.78, 5) is 20.5. The standard InChI is InChI=1S/C33H25F3N4O5/c34-24-8-18(13-37)4-5-20(24)16-45-32-3-1-2-27(39-32)23-12-25(35)21(9-26(23)36)11-31-38-28-7-6-19(33(42)43)10-29(28)40(31)30-17-44-15-22(30)14-41/h1-10,12,22,30,41H,11,14-17H2,(H,42,43)/t22-,30?/m0/s1. The first-order valence-corrected chi connectivity index (χ1v) is 13.9. The van der Waals surface area contributed by atoms with E-state index in [-0.39, 0.29) is 78.2 Å². The molecule has 228 valence electrons. The molecule has 1 aliphatic heterocycles. The Morgan fingerprint density at radius 2 is 1.82 bits per heavy atom. The van der Waals surface area contributed by atoms with Crippen molar-refractivity contribution < 1.29 is 37.7 Å². The molecule has 12 heteroatoms. The summed E-state index contributed by atoms with van der Waals surface area (Å²) in [5.41, 5.74) is 1.35. The maximum Gasteiger partial charge on any atom is 0.335 e. The Hall–Kier alpha value is -5.25. The number of rotatable bonds is 9. The van der Waals surface area contributed by atoms with Gasteiger partial charge in [0.25, 0.3) is 0 Å². The van der Waals surface area contributed by atoms with E-state index in [1.54, 1.807) is 16.7 Å². The second-order valence-corrected chi connectivity index (χ2v) is 10.6. The van der Waals surface area contributed by atoms with Gasteiger partial charge in [-0.3, -0.25) is 0 Å². The number of carboxylic acid groups (broad SMARTS) is 1. The lowest BCUT2D eigenvalue weighted by molar-refractivity contribution is 0.0697. The summed E-state index contributed by atoms with van der Waals surface area (Å²) in [5.74, 6) is -3.08. The number of nitrogens with zero attached hydrogens (tertiary/aromatic N) is 4. The van der Waals surface area contributed by atoms with Crippen LogP contribution in [0.4, 0.5) is 13.2 Å². The van der Waals surface area contributed by atoms with Crippen LogP contribution in [0.15, 0.2) is 66.7 Å². The lowest BCUT2D eigenvalue weighted by Crippen LogP contribution is -2.23. The minimum Gasteiger partial charge on any atom is -0.478 e. The molecule has 2 N–H and O–H groups in total. The van der Waals surface area contributed by atoms with Crippen molar-refractivity contribution >= 4 is 17.0 Å². The first-order chi connectivity index (χ1) is 21.7. The van der Waals surface area contributed by atoms with Crippen molar-refractivity contribution in [3.8, 4) is 23.2 Å². The molecule has 0 aliphatic carbocycles. The smallest absolute Gasteiger partial charge is 0.335 e. The van der Waals surface area contributed by atoms with Gasteiger partial charge in [-0.2, -0.15) is 5.26 Å². The number of benzene rings is 3. The summed E-state index contributed by atoms with van der Waals surface area (Å²) in [6.07, 6.45) is -0.124. The number of imidazole rings is 1. The summed E-state index contributed by atoms with van der Waals surface area (Å²) >= 11 is 0. The summed E-state index contributed by atoms with van der Waals surface area (Å²) in [7, 11) is 0. The molecule has 3 heterocycles. The van der Waals surface area contributed by atoms with Gasteiger partial charge in [-0.25, -0.2) is 27.9 Å². The number of carboxylic acids is 1. The SMILES string of the molecule is N#Cc1ccc(COc2cccc(-c3cc(F)c(Cc4nc5ccc(C(=O)O)cc5n4C4COC[C@@H]4CO)cc3F)n2)c(F)c1. The molecule has 1 saturated heterocycles. The zero-order valence-electron chi connectivity index (χ0n) is 23.6. The molecular formula is C33H25F3N4O5. The molecule has 1 aliphatic rings. The van der Waals surface area contributed by atoms with Crippen LogP contribution in [0.3, 0.4) is 0 Å². The maximum atomic E-state index is 15.6. The first-order valence-electron chi connectivity index (χ1n) is 13.9. The lowest BCUT2D eigenvalue weighted by atomic mass is 10.0. The molecule has 2 atom stereocenters. The molecule has 1 fully saturated rings. The first kappa shape index (κ1) is 29.8. The van der Waals surface area contributed by atoms with Crippen LogP contribution >= 0.6 is 0 Å². The van der Waals surface area contributed by atoms with E-state index in [1.807, 2.05) is 6.07 Å². The van der Waals surface area contributed by atoms with Crippen molar-refractivity contribution in [3.63, 3.8) is 0 Å². The normalized spacial score (nSPS) is 16.2. The van der Waals surface area contributed by atoms with Crippen LogP contribution in [-0.4, -0.2) is 50.5 Å². The minimum absolute atomic E-state index is 0.00873. The quantitative estimate of drug-likeness (QED) is 0.225. The molecule has 1 unspecified atom stereocenters. The highest BCUT2D eigenvalue weighted by molar-refractivity contribution is 5.92. The van der Waals surface area contributed by atoms with Gasteiger partial charge in [-0.05, 0) is 54.1 Å². The fraction of sp³-hybridized carbons (Fsp3) is 0.212.